The lowest BCUT2D eigenvalue weighted by atomic mass is 10.5. The summed E-state index contributed by atoms with van der Waals surface area (Å²) in [6.07, 6.45) is 0.0824. The number of thiol groups is 1. The van der Waals surface area contributed by atoms with Crippen LogP contribution in [0.1, 0.15) is 20.3 Å². The molecule has 1 atom stereocenters. The Morgan fingerprint density at radius 2 is 1.83 bits per heavy atom. The molecule has 0 rings (SSSR count). The number of hydrogen-bond donors (Lipinski definition) is 2. The van der Waals surface area contributed by atoms with Gasteiger partial charge in [0.05, 0.1) is 19.3 Å². The first-order valence-electron chi connectivity index (χ1n) is 4.19. The number of aliphatic hydroxyl groups is 1. The summed E-state index contributed by atoms with van der Waals surface area (Å²) in [6.45, 7) is 4.89. The van der Waals surface area contributed by atoms with Gasteiger partial charge in [0, 0.05) is 6.42 Å². The van der Waals surface area contributed by atoms with Crippen LogP contribution in [0, 0.1) is 0 Å². The minimum absolute atomic E-state index is 0.218. The van der Waals surface area contributed by atoms with Crippen molar-refractivity contribution in [3.63, 3.8) is 0 Å². The van der Waals surface area contributed by atoms with Gasteiger partial charge >= 0.3 is 0 Å². The third-order valence-corrected chi connectivity index (χ3v) is 1.48. The molecule has 0 aromatic carbocycles. The average molecular weight is 194 g/mol. The zero-order valence-electron chi connectivity index (χ0n) is 7.69. The molecular weight excluding hydrogens is 176 g/mol. The van der Waals surface area contributed by atoms with E-state index in [0.717, 1.165) is 0 Å². The fourth-order valence-corrected chi connectivity index (χ4v) is 0.883. The third-order valence-electron chi connectivity index (χ3n) is 1.22. The topological polar surface area (TPSA) is 38.7 Å². The van der Waals surface area contributed by atoms with Crippen molar-refractivity contribution in [1.82, 2.24) is 0 Å². The van der Waals surface area contributed by atoms with Gasteiger partial charge in [-0.2, -0.15) is 12.6 Å². The Bertz CT molecular complexity index is 98.3. The quantitative estimate of drug-likeness (QED) is 0.362. The molecule has 3 nitrogen and oxygen atoms in total. The second kappa shape index (κ2) is 7.86. The van der Waals surface area contributed by atoms with Crippen molar-refractivity contribution >= 4 is 12.6 Å². The molecule has 0 aliphatic rings. The summed E-state index contributed by atoms with van der Waals surface area (Å²) in [7, 11) is 0. The van der Waals surface area contributed by atoms with E-state index < -0.39 is 6.29 Å². The minimum atomic E-state index is -0.696. The lowest BCUT2D eigenvalue weighted by Crippen LogP contribution is -2.17. The Morgan fingerprint density at radius 1 is 1.25 bits per heavy atom. The van der Waals surface area contributed by atoms with Gasteiger partial charge in [-0.1, -0.05) is 0 Å². The van der Waals surface area contributed by atoms with E-state index >= 15 is 0 Å². The highest BCUT2D eigenvalue weighted by Gasteiger charge is 2.01. The van der Waals surface area contributed by atoms with Crippen molar-refractivity contribution in [2.24, 2.45) is 0 Å². The largest absolute Gasteiger partial charge is 0.376 e. The highest BCUT2D eigenvalue weighted by atomic mass is 32.1. The Morgan fingerprint density at radius 3 is 2.33 bits per heavy atom. The summed E-state index contributed by atoms with van der Waals surface area (Å²) in [6, 6.07) is 0. The van der Waals surface area contributed by atoms with E-state index in [4.69, 9.17) is 14.6 Å². The Labute approximate surface area is 79.5 Å². The zero-order valence-corrected chi connectivity index (χ0v) is 8.59. The number of rotatable bonds is 7. The molecule has 1 N–H and O–H groups in total. The van der Waals surface area contributed by atoms with Crippen molar-refractivity contribution in [3.05, 3.63) is 0 Å². The number of aliphatic hydroxyl groups excluding tert-OH is 1. The summed E-state index contributed by atoms with van der Waals surface area (Å²) >= 11 is 3.97. The minimum Gasteiger partial charge on any atom is -0.376 e. The molecule has 1 unspecified atom stereocenters. The van der Waals surface area contributed by atoms with Crippen LogP contribution in [-0.4, -0.2) is 36.5 Å². The van der Waals surface area contributed by atoms with E-state index in [1.54, 1.807) is 0 Å². The normalized spacial score (nSPS) is 13.8. The molecule has 0 amide bonds. The van der Waals surface area contributed by atoms with Gasteiger partial charge in [-0.3, -0.25) is 0 Å². The summed E-state index contributed by atoms with van der Waals surface area (Å²) in [4.78, 5) is 0. The lowest BCUT2D eigenvalue weighted by molar-refractivity contribution is -0.116. The summed E-state index contributed by atoms with van der Waals surface area (Å²) < 4.78 is 10.2. The first-order chi connectivity index (χ1) is 5.66. The molecular formula is C8H18O3S. The van der Waals surface area contributed by atoms with Crippen LogP contribution in [0.3, 0.4) is 0 Å². The fraction of sp³-hybridized carbons (Fsp3) is 1.00. The highest BCUT2D eigenvalue weighted by Crippen LogP contribution is 1.96. The fourth-order valence-electron chi connectivity index (χ4n) is 0.662. The van der Waals surface area contributed by atoms with Crippen LogP contribution in [0.5, 0.6) is 0 Å². The first kappa shape index (κ1) is 12.2. The van der Waals surface area contributed by atoms with Gasteiger partial charge in [0.15, 0.2) is 6.29 Å². The SMILES string of the molecule is CC(C)OCCOC(O)CCS. The van der Waals surface area contributed by atoms with Crippen LogP contribution in [0.15, 0.2) is 0 Å². The van der Waals surface area contributed by atoms with Gasteiger partial charge in [0.2, 0.25) is 0 Å². The van der Waals surface area contributed by atoms with E-state index in [1.807, 2.05) is 13.8 Å². The smallest absolute Gasteiger partial charge is 0.155 e. The molecule has 0 radical (unpaired) electrons. The molecule has 12 heavy (non-hydrogen) atoms. The molecule has 74 valence electrons. The molecule has 0 heterocycles. The van der Waals surface area contributed by atoms with Crippen molar-refractivity contribution in [2.75, 3.05) is 19.0 Å². The molecule has 0 saturated carbocycles. The van der Waals surface area contributed by atoms with E-state index in [1.165, 1.54) is 0 Å². The van der Waals surface area contributed by atoms with Crippen LogP contribution >= 0.6 is 12.6 Å². The molecule has 0 spiro atoms. The molecule has 0 bridgehead atoms. The third kappa shape index (κ3) is 8.33. The van der Waals surface area contributed by atoms with Crippen LogP contribution in [-0.2, 0) is 9.47 Å². The van der Waals surface area contributed by atoms with Gasteiger partial charge < -0.3 is 14.6 Å². The first-order valence-corrected chi connectivity index (χ1v) is 4.82. The van der Waals surface area contributed by atoms with Gasteiger partial charge in [0.1, 0.15) is 0 Å². The van der Waals surface area contributed by atoms with Crippen molar-refractivity contribution < 1.29 is 14.6 Å². The Hall–Kier alpha value is 0.230. The second-order valence-corrected chi connectivity index (χ2v) is 3.20. The van der Waals surface area contributed by atoms with E-state index in [-0.39, 0.29) is 6.10 Å². The summed E-state index contributed by atoms with van der Waals surface area (Å²) in [5, 5.41) is 9.09. The average Bonchev–Trinajstić information content (AvgIpc) is 1.98. The Balaban J connectivity index is 3.08. The summed E-state index contributed by atoms with van der Waals surface area (Å²) in [5.41, 5.74) is 0. The number of hydrogen-bond acceptors (Lipinski definition) is 4. The maximum Gasteiger partial charge on any atom is 0.155 e. The van der Waals surface area contributed by atoms with Gasteiger partial charge in [-0.25, -0.2) is 0 Å². The Kier molecular flexibility index (Phi) is 8.01. The summed E-state index contributed by atoms with van der Waals surface area (Å²) in [5.74, 6) is 0.631. The molecule has 0 fully saturated rings. The van der Waals surface area contributed by atoms with E-state index in [9.17, 15) is 0 Å². The van der Waals surface area contributed by atoms with Crippen molar-refractivity contribution in [3.8, 4) is 0 Å². The molecule has 4 heteroatoms. The second-order valence-electron chi connectivity index (χ2n) is 2.76. The highest BCUT2D eigenvalue weighted by molar-refractivity contribution is 7.80. The molecule has 0 aliphatic heterocycles. The van der Waals surface area contributed by atoms with Crippen LogP contribution in [0.25, 0.3) is 0 Å². The molecule has 0 aromatic heterocycles. The van der Waals surface area contributed by atoms with Crippen LogP contribution in [0.2, 0.25) is 0 Å². The maximum atomic E-state index is 9.09. The molecule has 0 saturated heterocycles. The van der Waals surface area contributed by atoms with Crippen molar-refractivity contribution in [2.45, 2.75) is 32.7 Å². The monoisotopic (exact) mass is 194 g/mol. The number of ether oxygens (including phenoxy) is 2. The predicted molar refractivity (Wildman–Crippen MR) is 51.5 cm³/mol. The predicted octanol–water partition coefficient (Wildman–Crippen LogP) is 1.07. The van der Waals surface area contributed by atoms with E-state index in [2.05, 4.69) is 12.6 Å². The maximum absolute atomic E-state index is 9.09. The van der Waals surface area contributed by atoms with Gasteiger partial charge in [-0.05, 0) is 19.6 Å². The zero-order chi connectivity index (χ0) is 9.40. The van der Waals surface area contributed by atoms with Crippen molar-refractivity contribution in [1.29, 1.82) is 0 Å². The van der Waals surface area contributed by atoms with E-state index in [0.29, 0.717) is 25.4 Å². The molecule has 0 aromatic rings. The standard InChI is InChI=1S/C8H18O3S/c1-7(2)10-4-5-11-8(9)3-6-12/h7-9,12H,3-6H2,1-2H3. The molecule has 0 aliphatic carbocycles. The van der Waals surface area contributed by atoms with Gasteiger partial charge in [-0.15, -0.1) is 0 Å². The van der Waals surface area contributed by atoms with Crippen LogP contribution < -0.4 is 0 Å². The van der Waals surface area contributed by atoms with Crippen LogP contribution in [0.4, 0.5) is 0 Å². The lowest BCUT2D eigenvalue weighted by Gasteiger charge is -2.11. The van der Waals surface area contributed by atoms with Gasteiger partial charge in [0.25, 0.3) is 0 Å².